The molecule has 1 heterocycles. The van der Waals surface area contributed by atoms with Gasteiger partial charge in [-0.15, -0.1) is 0 Å². The zero-order chi connectivity index (χ0) is 9.90. The molecule has 0 saturated heterocycles. The van der Waals surface area contributed by atoms with Crippen LogP contribution in [-0.2, 0) is 9.84 Å². The van der Waals surface area contributed by atoms with E-state index < -0.39 is 15.9 Å². The number of furan rings is 1. The molecule has 3 N–H and O–H groups in total. The molecule has 1 unspecified atom stereocenters. The molecule has 0 saturated carbocycles. The molecule has 6 heteroatoms. The van der Waals surface area contributed by atoms with E-state index in [0.29, 0.717) is 0 Å². The second kappa shape index (κ2) is 3.91. The van der Waals surface area contributed by atoms with Crippen LogP contribution in [0.3, 0.4) is 0 Å². The van der Waals surface area contributed by atoms with E-state index in [1.54, 1.807) is 6.07 Å². The molecule has 0 aromatic carbocycles. The Kier molecular flexibility index (Phi) is 3.07. The first-order valence-electron chi connectivity index (χ1n) is 3.69. The maximum absolute atomic E-state index is 11.0. The Morgan fingerprint density at radius 2 is 2.38 bits per heavy atom. The number of sulfone groups is 1. The molecule has 1 aromatic heterocycles. The van der Waals surface area contributed by atoms with E-state index in [-0.39, 0.29) is 5.75 Å². The summed E-state index contributed by atoms with van der Waals surface area (Å²) in [6.45, 7) is 0. The van der Waals surface area contributed by atoms with Gasteiger partial charge in [0.2, 0.25) is 0 Å². The summed E-state index contributed by atoms with van der Waals surface area (Å²) in [6.07, 6.45) is 4.11. The number of hydrogen-bond donors (Lipinski definition) is 2. The molecule has 13 heavy (non-hydrogen) atoms. The predicted octanol–water partition coefficient (Wildman–Crippen LogP) is -0.171. The topological polar surface area (TPSA) is 85.3 Å². The summed E-state index contributed by atoms with van der Waals surface area (Å²) >= 11 is 0. The van der Waals surface area contributed by atoms with Gasteiger partial charge in [0.1, 0.15) is 9.84 Å². The quantitative estimate of drug-likeness (QED) is 0.525. The lowest BCUT2D eigenvalue weighted by atomic mass is 10.2. The van der Waals surface area contributed by atoms with E-state index in [0.717, 1.165) is 11.8 Å². The number of rotatable bonds is 4. The Labute approximate surface area is 76.8 Å². The molecule has 0 aliphatic carbocycles. The molecule has 0 amide bonds. The Morgan fingerprint density at radius 1 is 1.69 bits per heavy atom. The molecule has 0 spiro atoms. The number of nitrogens with two attached hydrogens (primary N) is 1. The Balaban J connectivity index is 2.76. The standard InChI is InChI=1S/C7H12N2O3S/c1-13(10,11)5-7(9-8)6-2-3-12-4-6/h2-4,7,9H,5,8H2,1H3. The molecule has 74 valence electrons. The number of hydrazine groups is 1. The van der Waals surface area contributed by atoms with E-state index in [9.17, 15) is 8.42 Å². The van der Waals surface area contributed by atoms with Gasteiger partial charge in [0.25, 0.3) is 0 Å². The lowest BCUT2D eigenvalue weighted by Crippen LogP contribution is -2.32. The van der Waals surface area contributed by atoms with Crippen molar-refractivity contribution in [3.05, 3.63) is 24.2 Å². The first-order chi connectivity index (χ1) is 6.03. The molecule has 0 fully saturated rings. The molecule has 0 aliphatic heterocycles. The van der Waals surface area contributed by atoms with E-state index in [4.69, 9.17) is 10.3 Å². The van der Waals surface area contributed by atoms with Crippen molar-refractivity contribution in [3.63, 3.8) is 0 Å². The highest BCUT2D eigenvalue weighted by atomic mass is 32.2. The Morgan fingerprint density at radius 3 is 2.77 bits per heavy atom. The molecular weight excluding hydrogens is 192 g/mol. The average Bonchev–Trinajstić information content (AvgIpc) is 2.50. The van der Waals surface area contributed by atoms with Gasteiger partial charge in [-0.3, -0.25) is 11.3 Å². The number of hydrogen-bond acceptors (Lipinski definition) is 5. The zero-order valence-electron chi connectivity index (χ0n) is 7.23. The van der Waals surface area contributed by atoms with E-state index in [1.807, 2.05) is 0 Å². The van der Waals surface area contributed by atoms with Crippen molar-refractivity contribution in [2.75, 3.05) is 12.0 Å². The van der Waals surface area contributed by atoms with Gasteiger partial charge < -0.3 is 4.42 Å². The van der Waals surface area contributed by atoms with Gasteiger partial charge in [-0.2, -0.15) is 0 Å². The van der Waals surface area contributed by atoms with Crippen LogP contribution in [0.25, 0.3) is 0 Å². The maximum atomic E-state index is 11.0. The summed E-state index contributed by atoms with van der Waals surface area (Å²) in [5.74, 6) is 5.18. The molecule has 0 radical (unpaired) electrons. The van der Waals surface area contributed by atoms with E-state index in [1.165, 1.54) is 12.5 Å². The fraction of sp³-hybridized carbons (Fsp3) is 0.429. The summed E-state index contributed by atoms with van der Waals surface area (Å²) in [5.41, 5.74) is 3.15. The lowest BCUT2D eigenvalue weighted by molar-refractivity contribution is 0.540. The molecule has 0 bridgehead atoms. The van der Waals surface area contributed by atoms with Crippen LogP contribution in [0.15, 0.2) is 23.0 Å². The maximum Gasteiger partial charge on any atom is 0.149 e. The fourth-order valence-corrected chi connectivity index (χ4v) is 1.91. The molecule has 0 aliphatic rings. The lowest BCUT2D eigenvalue weighted by Gasteiger charge is -2.11. The van der Waals surface area contributed by atoms with Crippen LogP contribution >= 0.6 is 0 Å². The fourth-order valence-electron chi connectivity index (χ4n) is 1.02. The summed E-state index contributed by atoms with van der Waals surface area (Å²) < 4.78 is 26.8. The van der Waals surface area contributed by atoms with Crippen molar-refractivity contribution >= 4 is 9.84 Å². The second-order valence-corrected chi connectivity index (χ2v) is 5.05. The summed E-state index contributed by atoms with van der Waals surface area (Å²) in [4.78, 5) is 0. The summed E-state index contributed by atoms with van der Waals surface area (Å²) in [6, 6.07) is 1.27. The Bertz CT molecular complexity index is 344. The van der Waals surface area contributed by atoms with Crippen LogP contribution in [0.4, 0.5) is 0 Å². The third-order valence-electron chi connectivity index (χ3n) is 1.62. The average molecular weight is 204 g/mol. The second-order valence-electron chi connectivity index (χ2n) is 2.87. The van der Waals surface area contributed by atoms with Gasteiger partial charge in [0.15, 0.2) is 0 Å². The minimum atomic E-state index is -3.05. The van der Waals surface area contributed by atoms with Crippen LogP contribution in [0.5, 0.6) is 0 Å². The predicted molar refractivity (Wildman–Crippen MR) is 48.5 cm³/mol. The van der Waals surface area contributed by atoms with Crippen LogP contribution in [0, 0.1) is 0 Å². The smallest absolute Gasteiger partial charge is 0.149 e. The molecule has 1 aromatic rings. The van der Waals surface area contributed by atoms with E-state index in [2.05, 4.69) is 5.43 Å². The van der Waals surface area contributed by atoms with Crippen molar-refractivity contribution in [2.24, 2.45) is 5.84 Å². The summed E-state index contributed by atoms with van der Waals surface area (Å²) in [7, 11) is -3.05. The van der Waals surface area contributed by atoms with Crippen molar-refractivity contribution in [1.82, 2.24) is 5.43 Å². The van der Waals surface area contributed by atoms with Gasteiger partial charge in [-0.1, -0.05) is 0 Å². The molecular formula is C7H12N2O3S. The van der Waals surface area contributed by atoms with Crippen molar-refractivity contribution in [2.45, 2.75) is 6.04 Å². The van der Waals surface area contributed by atoms with Crippen molar-refractivity contribution in [1.29, 1.82) is 0 Å². The van der Waals surface area contributed by atoms with Gasteiger partial charge in [-0.05, 0) is 6.07 Å². The van der Waals surface area contributed by atoms with Crippen LogP contribution < -0.4 is 11.3 Å². The van der Waals surface area contributed by atoms with Crippen molar-refractivity contribution < 1.29 is 12.8 Å². The first-order valence-corrected chi connectivity index (χ1v) is 5.75. The molecule has 1 atom stereocenters. The van der Waals surface area contributed by atoms with Gasteiger partial charge >= 0.3 is 0 Å². The van der Waals surface area contributed by atoms with Gasteiger partial charge in [0, 0.05) is 11.8 Å². The number of nitrogens with one attached hydrogen (secondary N) is 1. The SMILES string of the molecule is CS(=O)(=O)CC(NN)c1ccoc1. The highest BCUT2D eigenvalue weighted by Crippen LogP contribution is 2.13. The summed E-state index contributed by atoms with van der Waals surface area (Å²) in [5, 5.41) is 0. The van der Waals surface area contributed by atoms with E-state index >= 15 is 0 Å². The normalized spacial score (nSPS) is 14.3. The molecule has 5 nitrogen and oxygen atoms in total. The minimum absolute atomic E-state index is 0.0387. The first kappa shape index (κ1) is 10.2. The van der Waals surface area contributed by atoms with Gasteiger partial charge in [-0.25, -0.2) is 8.42 Å². The van der Waals surface area contributed by atoms with Crippen LogP contribution in [0.2, 0.25) is 0 Å². The largest absolute Gasteiger partial charge is 0.472 e. The van der Waals surface area contributed by atoms with Crippen LogP contribution in [-0.4, -0.2) is 20.4 Å². The molecule has 1 rings (SSSR count). The van der Waals surface area contributed by atoms with Gasteiger partial charge in [0.05, 0.1) is 24.3 Å². The third kappa shape index (κ3) is 3.17. The highest BCUT2D eigenvalue weighted by Gasteiger charge is 2.16. The zero-order valence-corrected chi connectivity index (χ0v) is 8.04. The minimum Gasteiger partial charge on any atom is -0.472 e. The van der Waals surface area contributed by atoms with Crippen LogP contribution in [0.1, 0.15) is 11.6 Å². The third-order valence-corrected chi connectivity index (χ3v) is 2.55. The highest BCUT2D eigenvalue weighted by molar-refractivity contribution is 7.90. The van der Waals surface area contributed by atoms with Crippen molar-refractivity contribution in [3.8, 4) is 0 Å². The Hall–Kier alpha value is -0.850. The monoisotopic (exact) mass is 204 g/mol.